The van der Waals surface area contributed by atoms with Crippen molar-refractivity contribution in [2.24, 2.45) is 0 Å². The maximum absolute atomic E-state index is 12.9. The first-order valence-corrected chi connectivity index (χ1v) is 11.8. The first kappa shape index (κ1) is 22.0. The third kappa shape index (κ3) is 4.22. The lowest BCUT2D eigenvalue weighted by atomic mass is 10.1. The number of nitrogens with one attached hydrogen (secondary N) is 2. The summed E-state index contributed by atoms with van der Waals surface area (Å²) in [7, 11) is 0. The predicted molar refractivity (Wildman–Crippen MR) is 133 cm³/mol. The molecule has 0 amide bonds. The van der Waals surface area contributed by atoms with Gasteiger partial charge in [-0.1, -0.05) is 11.6 Å². The minimum atomic E-state index is -0.230. The molecule has 180 valence electrons. The van der Waals surface area contributed by atoms with Gasteiger partial charge in [-0.05, 0) is 36.4 Å². The summed E-state index contributed by atoms with van der Waals surface area (Å²) < 4.78 is 22.5. The molecule has 0 aliphatic carbocycles. The number of pyridine rings is 2. The summed E-state index contributed by atoms with van der Waals surface area (Å²) in [4.78, 5) is 22.5. The van der Waals surface area contributed by atoms with Crippen LogP contribution in [0.15, 0.2) is 47.4 Å². The molecule has 35 heavy (non-hydrogen) atoms. The summed E-state index contributed by atoms with van der Waals surface area (Å²) in [6.07, 6.45) is 1.63. The van der Waals surface area contributed by atoms with Gasteiger partial charge in [0, 0.05) is 36.6 Å². The minimum Gasteiger partial charge on any atom is -0.492 e. The van der Waals surface area contributed by atoms with Crippen molar-refractivity contribution in [1.29, 1.82) is 0 Å². The predicted octanol–water partition coefficient (Wildman–Crippen LogP) is 3.91. The van der Waals surface area contributed by atoms with Gasteiger partial charge >= 0.3 is 0 Å². The molecular weight excluding hydrogens is 472 g/mol. The Morgan fingerprint density at radius 2 is 2.00 bits per heavy atom. The SMILES string of the molecule is O=c1[nH]c2nccc(Nc3c(Cl)ccc4c3OCO4)c2c2ccc(OCCN3CCOCC3)cc12. The van der Waals surface area contributed by atoms with Crippen LogP contribution < -0.4 is 25.1 Å². The Labute approximate surface area is 205 Å². The van der Waals surface area contributed by atoms with Gasteiger partial charge in [-0.15, -0.1) is 0 Å². The summed E-state index contributed by atoms with van der Waals surface area (Å²) in [5.41, 5.74) is 1.56. The van der Waals surface area contributed by atoms with Crippen LogP contribution in [0.4, 0.5) is 11.4 Å². The molecule has 0 bridgehead atoms. The van der Waals surface area contributed by atoms with Gasteiger partial charge in [0.2, 0.25) is 6.79 Å². The lowest BCUT2D eigenvalue weighted by molar-refractivity contribution is 0.0322. The van der Waals surface area contributed by atoms with Gasteiger partial charge in [0.15, 0.2) is 11.5 Å². The molecule has 4 aromatic rings. The number of hydrogen-bond donors (Lipinski definition) is 2. The lowest BCUT2D eigenvalue weighted by Gasteiger charge is -2.26. The zero-order valence-corrected chi connectivity index (χ0v) is 19.6. The van der Waals surface area contributed by atoms with Crippen molar-refractivity contribution in [2.45, 2.75) is 0 Å². The van der Waals surface area contributed by atoms with Crippen LogP contribution in [-0.4, -0.2) is 61.1 Å². The first-order valence-electron chi connectivity index (χ1n) is 11.4. The van der Waals surface area contributed by atoms with Gasteiger partial charge < -0.3 is 29.2 Å². The summed E-state index contributed by atoms with van der Waals surface area (Å²) in [5, 5.41) is 5.88. The van der Waals surface area contributed by atoms with Gasteiger partial charge in [-0.25, -0.2) is 4.98 Å². The molecule has 2 aromatic heterocycles. The van der Waals surface area contributed by atoms with E-state index in [0.717, 1.165) is 49.3 Å². The van der Waals surface area contributed by atoms with Crippen LogP contribution in [0.1, 0.15) is 0 Å². The molecule has 0 spiro atoms. The van der Waals surface area contributed by atoms with Crippen LogP contribution in [0.25, 0.3) is 21.8 Å². The van der Waals surface area contributed by atoms with E-state index in [1.807, 2.05) is 18.2 Å². The maximum atomic E-state index is 12.9. The molecule has 2 aliphatic heterocycles. The van der Waals surface area contributed by atoms with E-state index < -0.39 is 0 Å². The molecule has 2 aromatic carbocycles. The molecule has 1 saturated heterocycles. The quantitative estimate of drug-likeness (QED) is 0.389. The number of nitrogens with zero attached hydrogens (tertiary/aromatic N) is 2. The number of rotatable bonds is 6. The van der Waals surface area contributed by atoms with Crippen LogP contribution in [0, 0.1) is 0 Å². The van der Waals surface area contributed by atoms with Gasteiger partial charge in [0.05, 0.1) is 29.3 Å². The van der Waals surface area contributed by atoms with Crippen LogP contribution in [0.5, 0.6) is 17.2 Å². The second-order valence-electron chi connectivity index (χ2n) is 8.33. The second kappa shape index (κ2) is 9.26. The molecule has 0 saturated carbocycles. The highest BCUT2D eigenvalue weighted by Crippen LogP contribution is 2.45. The number of anilines is 2. The third-order valence-corrected chi connectivity index (χ3v) is 6.53. The van der Waals surface area contributed by atoms with Crippen LogP contribution in [0.3, 0.4) is 0 Å². The van der Waals surface area contributed by atoms with Crippen molar-refractivity contribution in [2.75, 3.05) is 51.6 Å². The van der Waals surface area contributed by atoms with Crippen molar-refractivity contribution in [3.8, 4) is 17.2 Å². The molecule has 9 nitrogen and oxygen atoms in total. The molecule has 0 atom stereocenters. The van der Waals surface area contributed by atoms with Gasteiger partial charge in [0.25, 0.3) is 5.56 Å². The number of H-pyrrole nitrogens is 1. The number of aromatic amines is 1. The number of morpholine rings is 1. The molecule has 2 N–H and O–H groups in total. The highest BCUT2D eigenvalue weighted by Gasteiger charge is 2.22. The molecule has 2 aliphatic rings. The second-order valence-corrected chi connectivity index (χ2v) is 8.73. The fraction of sp³-hybridized carbons (Fsp3) is 0.280. The topological polar surface area (TPSA) is 97.9 Å². The number of fused-ring (bicyclic) bond motifs is 4. The normalized spacial score (nSPS) is 15.6. The summed E-state index contributed by atoms with van der Waals surface area (Å²) in [6.45, 7) is 4.78. The van der Waals surface area contributed by atoms with Crippen molar-refractivity contribution in [1.82, 2.24) is 14.9 Å². The fourth-order valence-corrected chi connectivity index (χ4v) is 4.64. The number of hydrogen-bond acceptors (Lipinski definition) is 8. The van der Waals surface area contributed by atoms with Crippen molar-refractivity contribution in [3.05, 3.63) is 58.0 Å². The molecule has 0 unspecified atom stereocenters. The van der Waals surface area contributed by atoms with E-state index >= 15 is 0 Å². The van der Waals surface area contributed by atoms with E-state index in [2.05, 4.69) is 20.2 Å². The Hall–Kier alpha value is -3.53. The molecule has 0 radical (unpaired) electrons. The van der Waals surface area contributed by atoms with Gasteiger partial charge in [-0.3, -0.25) is 9.69 Å². The van der Waals surface area contributed by atoms with Crippen molar-refractivity contribution < 1.29 is 18.9 Å². The van der Waals surface area contributed by atoms with Gasteiger partial charge in [0.1, 0.15) is 23.7 Å². The number of benzene rings is 2. The summed E-state index contributed by atoms with van der Waals surface area (Å²) in [5.74, 6) is 1.81. The summed E-state index contributed by atoms with van der Waals surface area (Å²) >= 11 is 6.48. The van der Waals surface area contributed by atoms with Crippen LogP contribution >= 0.6 is 11.6 Å². The zero-order chi connectivity index (χ0) is 23.8. The van der Waals surface area contributed by atoms with E-state index in [4.69, 9.17) is 30.5 Å². The van der Waals surface area contributed by atoms with Crippen LogP contribution in [0.2, 0.25) is 5.02 Å². The zero-order valence-electron chi connectivity index (χ0n) is 18.8. The Balaban J connectivity index is 1.34. The Morgan fingerprint density at radius 3 is 2.89 bits per heavy atom. The van der Waals surface area contributed by atoms with E-state index in [9.17, 15) is 4.79 Å². The maximum Gasteiger partial charge on any atom is 0.257 e. The van der Waals surface area contributed by atoms with E-state index in [1.54, 1.807) is 24.4 Å². The molecule has 1 fully saturated rings. The monoisotopic (exact) mass is 494 g/mol. The first-order chi connectivity index (χ1) is 17.2. The van der Waals surface area contributed by atoms with E-state index in [-0.39, 0.29) is 12.4 Å². The molecule has 10 heteroatoms. The fourth-order valence-electron chi connectivity index (χ4n) is 4.44. The van der Waals surface area contributed by atoms with Gasteiger partial charge in [-0.2, -0.15) is 0 Å². The largest absolute Gasteiger partial charge is 0.492 e. The average molecular weight is 495 g/mol. The number of ether oxygens (including phenoxy) is 4. The molecule has 4 heterocycles. The van der Waals surface area contributed by atoms with E-state index in [1.165, 1.54) is 0 Å². The Bertz CT molecular complexity index is 1470. The number of halogens is 1. The lowest BCUT2D eigenvalue weighted by Crippen LogP contribution is -2.38. The smallest absolute Gasteiger partial charge is 0.257 e. The number of aromatic nitrogens is 2. The molecule has 6 rings (SSSR count). The van der Waals surface area contributed by atoms with E-state index in [0.29, 0.717) is 45.6 Å². The molecular formula is C25H23ClN4O5. The highest BCUT2D eigenvalue weighted by molar-refractivity contribution is 6.34. The standard InChI is InChI=1S/C25H23ClN4O5/c26-18-3-4-20-23(35-14-34-20)22(18)28-19-5-6-27-24-21(19)16-2-1-15(13-17(16)25(31)29-24)33-12-9-30-7-10-32-11-8-30/h1-6,13H,7-12,14H2,(H2,27,28,29,31). The highest BCUT2D eigenvalue weighted by atomic mass is 35.5. The Kier molecular flexibility index (Phi) is 5.81. The summed E-state index contributed by atoms with van der Waals surface area (Å²) in [6, 6.07) is 10.9. The minimum absolute atomic E-state index is 0.131. The van der Waals surface area contributed by atoms with Crippen molar-refractivity contribution in [3.63, 3.8) is 0 Å². The third-order valence-electron chi connectivity index (χ3n) is 6.22. The van der Waals surface area contributed by atoms with Crippen molar-refractivity contribution >= 4 is 44.8 Å². The Morgan fingerprint density at radius 1 is 1.11 bits per heavy atom. The average Bonchev–Trinajstić information content (AvgIpc) is 3.36. The van der Waals surface area contributed by atoms with Crippen LogP contribution in [-0.2, 0) is 4.74 Å².